The van der Waals surface area contributed by atoms with E-state index in [1.54, 1.807) is 7.11 Å². The molecule has 196 valence electrons. The summed E-state index contributed by atoms with van der Waals surface area (Å²) in [7, 11) is 1.56. The Hall–Kier alpha value is -2.65. The van der Waals surface area contributed by atoms with Crippen LogP contribution in [0.25, 0.3) is 0 Å². The first-order valence-electron chi connectivity index (χ1n) is 12.3. The summed E-state index contributed by atoms with van der Waals surface area (Å²) in [5.41, 5.74) is 0.269. The molecule has 1 aliphatic heterocycles. The number of methoxy groups -OCH3 is 1. The Balaban J connectivity index is 2.10. The smallest absolute Gasteiger partial charge is 0.407 e. The van der Waals surface area contributed by atoms with Crippen molar-refractivity contribution < 1.29 is 28.6 Å². The van der Waals surface area contributed by atoms with Crippen molar-refractivity contribution in [1.29, 1.82) is 0 Å². The minimum absolute atomic E-state index is 0.0392. The Labute approximate surface area is 208 Å². The fourth-order valence-electron chi connectivity index (χ4n) is 4.34. The molecule has 1 aliphatic rings. The Morgan fingerprint density at radius 3 is 2.43 bits per heavy atom. The first kappa shape index (κ1) is 28.6. The van der Waals surface area contributed by atoms with Gasteiger partial charge in [-0.1, -0.05) is 43.7 Å². The largest absolute Gasteiger partial charge is 0.459 e. The lowest BCUT2D eigenvalue weighted by atomic mass is 10.00. The van der Waals surface area contributed by atoms with Gasteiger partial charge in [0.1, 0.15) is 24.5 Å². The van der Waals surface area contributed by atoms with E-state index in [0.29, 0.717) is 19.5 Å². The van der Waals surface area contributed by atoms with Gasteiger partial charge < -0.3 is 24.8 Å². The second kappa shape index (κ2) is 13.4. The van der Waals surface area contributed by atoms with Crippen LogP contribution in [0.15, 0.2) is 30.3 Å². The first-order valence-corrected chi connectivity index (χ1v) is 12.3. The van der Waals surface area contributed by atoms with E-state index in [0.717, 1.165) is 18.4 Å². The molecule has 2 rings (SSSR count). The van der Waals surface area contributed by atoms with Gasteiger partial charge in [0.25, 0.3) is 0 Å². The average Bonchev–Trinajstić information content (AvgIpc) is 3.17. The molecule has 0 bridgehead atoms. The van der Waals surface area contributed by atoms with Crippen LogP contribution in [0.1, 0.15) is 59.4 Å². The lowest BCUT2D eigenvalue weighted by Gasteiger charge is -2.33. The molecule has 1 saturated heterocycles. The number of likely N-dealkylation sites (tertiary alicyclic amines) is 1. The first-order chi connectivity index (χ1) is 16.5. The minimum Gasteiger partial charge on any atom is -0.459 e. The van der Waals surface area contributed by atoms with E-state index in [4.69, 9.17) is 14.2 Å². The molecule has 0 saturated carbocycles. The van der Waals surface area contributed by atoms with Crippen molar-refractivity contribution in [1.82, 2.24) is 15.5 Å². The highest BCUT2D eigenvalue weighted by molar-refractivity contribution is 5.77. The number of amides is 2. The molecule has 2 N–H and O–H groups in total. The molecular formula is C26H41N3O6. The Morgan fingerprint density at radius 2 is 1.86 bits per heavy atom. The van der Waals surface area contributed by atoms with Gasteiger partial charge in [0.05, 0.1) is 0 Å². The van der Waals surface area contributed by atoms with Crippen molar-refractivity contribution in [3.63, 3.8) is 0 Å². The summed E-state index contributed by atoms with van der Waals surface area (Å²) in [5, 5.41) is 5.75. The van der Waals surface area contributed by atoms with E-state index in [1.165, 1.54) is 6.92 Å². The van der Waals surface area contributed by atoms with E-state index in [-0.39, 0.29) is 30.4 Å². The highest BCUT2D eigenvalue weighted by atomic mass is 16.6. The summed E-state index contributed by atoms with van der Waals surface area (Å²) < 4.78 is 16.6. The molecule has 9 nitrogen and oxygen atoms in total. The normalized spacial score (nSPS) is 20.1. The molecule has 0 aliphatic carbocycles. The van der Waals surface area contributed by atoms with Crippen LogP contribution >= 0.6 is 0 Å². The van der Waals surface area contributed by atoms with Gasteiger partial charge in [0, 0.05) is 39.1 Å². The number of carbonyl (C=O) groups excluding carboxylic acids is 3. The van der Waals surface area contributed by atoms with Gasteiger partial charge in [0.15, 0.2) is 0 Å². The molecule has 4 atom stereocenters. The number of nitrogens with zero attached hydrogens (tertiary/aromatic N) is 1. The number of esters is 1. The SMILES string of the molecule is CCCC(CN1CC(NC(=O)OCc2ccccc2)CC1C(=O)OC(C)(C)C)C(NC(C)=O)OC. The number of benzene rings is 1. The number of rotatable bonds is 11. The van der Waals surface area contributed by atoms with E-state index >= 15 is 0 Å². The molecule has 35 heavy (non-hydrogen) atoms. The van der Waals surface area contributed by atoms with Gasteiger partial charge in [-0.2, -0.15) is 0 Å². The monoisotopic (exact) mass is 491 g/mol. The Morgan fingerprint density at radius 1 is 1.17 bits per heavy atom. The summed E-state index contributed by atoms with van der Waals surface area (Å²) in [6.45, 7) is 10.2. The van der Waals surface area contributed by atoms with Crippen molar-refractivity contribution in [3.05, 3.63) is 35.9 Å². The van der Waals surface area contributed by atoms with E-state index in [1.807, 2.05) is 56.0 Å². The maximum absolute atomic E-state index is 13.1. The molecule has 4 unspecified atom stereocenters. The van der Waals surface area contributed by atoms with Crippen LogP contribution in [-0.4, -0.2) is 67.0 Å². The lowest BCUT2D eigenvalue weighted by Crippen LogP contribution is -2.48. The summed E-state index contributed by atoms with van der Waals surface area (Å²) in [4.78, 5) is 39.2. The van der Waals surface area contributed by atoms with Crippen molar-refractivity contribution in [3.8, 4) is 0 Å². The van der Waals surface area contributed by atoms with E-state index < -0.39 is 24.0 Å². The topological polar surface area (TPSA) is 106 Å². The zero-order valence-corrected chi connectivity index (χ0v) is 21.8. The molecule has 2 amide bonds. The minimum atomic E-state index is -0.628. The number of alkyl carbamates (subject to hydrolysis) is 1. The van der Waals surface area contributed by atoms with Crippen LogP contribution in [-0.2, 0) is 30.4 Å². The summed E-state index contributed by atoms with van der Waals surface area (Å²) in [6, 6.07) is 8.65. The number of ether oxygens (including phenoxy) is 3. The number of nitrogens with one attached hydrogen (secondary N) is 2. The summed E-state index contributed by atoms with van der Waals surface area (Å²) in [5.74, 6) is -0.547. The number of hydrogen-bond acceptors (Lipinski definition) is 7. The van der Waals surface area contributed by atoms with Crippen molar-refractivity contribution in [2.75, 3.05) is 20.2 Å². The highest BCUT2D eigenvalue weighted by Crippen LogP contribution is 2.25. The number of carbonyl (C=O) groups is 3. The number of hydrogen-bond donors (Lipinski definition) is 2. The molecule has 9 heteroatoms. The molecule has 0 radical (unpaired) electrons. The Kier molecular flexibility index (Phi) is 11.0. The maximum Gasteiger partial charge on any atom is 0.407 e. The molecule has 1 fully saturated rings. The molecule has 1 aromatic rings. The summed E-state index contributed by atoms with van der Waals surface area (Å²) in [6.07, 6.45) is 1.10. The lowest BCUT2D eigenvalue weighted by molar-refractivity contribution is -0.161. The third-order valence-electron chi connectivity index (χ3n) is 5.77. The van der Waals surface area contributed by atoms with Crippen LogP contribution in [0.4, 0.5) is 4.79 Å². The van der Waals surface area contributed by atoms with E-state index in [9.17, 15) is 14.4 Å². The summed E-state index contributed by atoms with van der Waals surface area (Å²) >= 11 is 0. The van der Waals surface area contributed by atoms with Gasteiger partial charge in [-0.25, -0.2) is 4.79 Å². The van der Waals surface area contributed by atoms with Gasteiger partial charge in [-0.15, -0.1) is 0 Å². The van der Waals surface area contributed by atoms with Crippen LogP contribution in [0, 0.1) is 5.92 Å². The predicted octanol–water partition coefficient (Wildman–Crippen LogP) is 3.22. The average molecular weight is 492 g/mol. The second-order valence-corrected chi connectivity index (χ2v) is 10.0. The van der Waals surface area contributed by atoms with Crippen LogP contribution in [0.5, 0.6) is 0 Å². The Bertz CT molecular complexity index is 826. The predicted molar refractivity (Wildman–Crippen MR) is 132 cm³/mol. The maximum atomic E-state index is 13.1. The third-order valence-corrected chi connectivity index (χ3v) is 5.77. The molecule has 0 spiro atoms. The molecule has 1 heterocycles. The second-order valence-electron chi connectivity index (χ2n) is 10.0. The molecule has 1 aromatic carbocycles. The molecule has 0 aromatic heterocycles. The highest BCUT2D eigenvalue weighted by Gasteiger charge is 2.41. The van der Waals surface area contributed by atoms with Gasteiger partial charge in [-0.3, -0.25) is 14.5 Å². The van der Waals surface area contributed by atoms with Crippen molar-refractivity contribution >= 4 is 18.0 Å². The molecular weight excluding hydrogens is 450 g/mol. The van der Waals surface area contributed by atoms with Crippen LogP contribution < -0.4 is 10.6 Å². The fourth-order valence-corrected chi connectivity index (χ4v) is 4.34. The van der Waals surface area contributed by atoms with Gasteiger partial charge in [-0.05, 0) is 39.2 Å². The van der Waals surface area contributed by atoms with Crippen molar-refractivity contribution in [2.45, 2.75) is 84.4 Å². The fraction of sp³-hybridized carbons (Fsp3) is 0.654. The van der Waals surface area contributed by atoms with Gasteiger partial charge >= 0.3 is 12.1 Å². The third kappa shape index (κ3) is 9.85. The van der Waals surface area contributed by atoms with E-state index in [2.05, 4.69) is 17.6 Å². The van der Waals surface area contributed by atoms with Crippen LogP contribution in [0.2, 0.25) is 0 Å². The van der Waals surface area contributed by atoms with Crippen LogP contribution in [0.3, 0.4) is 0 Å². The quantitative estimate of drug-likeness (QED) is 0.362. The zero-order valence-electron chi connectivity index (χ0n) is 21.8. The van der Waals surface area contributed by atoms with Crippen molar-refractivity contribution in [2.24, 2.45) is 5.92 Å². The standard InChI is InChI=1S/C26H41N3O6/c1-7-11-20(23(33-6)27-18(2)30)15-29-16-21(14-22(29)24(31)35-26(3,4)5)28-25(32)34-17-19-12-9-8-10-13-19/h8-10,12-13,20-23H,7,11,14-17H2,1-6H3,(H,27,30)(H,28,32). The zero-order chi connectivity index (χ0) is 26.0. The van der Waals surface area contributed by atoms with Gasteiger partial charge in [0.2, 0.25) is 5.91 Å².